The second-order valence-electron chi connectivity index (χ2n) is 5.89. The van der Waals surface area contributed by atoms with Gasteiger partial charge in [0.05, 0.1) is 22.5 Å². The van der Waals surface area contributed by atoms with Crippen LogP contribution in [0.4, 0.5) is 0 Å². The third-order valence-corrected chi connectivity index (χ3v) is 4.85. The summed E-state index contributed by atoms with van der Waals surface area (Å²) in [7, 11) is 1.54. The Hall–Kier alpha value is -2.87. The van der Waals surface area contributed by atoms with E-state index in [-0.39, 0.29) is 5.91 Å². The Balaban J connectivity index is 1.74. The number of carbonyl (C=O) groups is 1. The van der Waals surface area contributed by atoms with E-state index in [1.807, 2.05) is 48.5 Å². The van der Waals surface area contributed by atoms with Crippen molar-refractivity contribution < 1.29 is 14.3 Å². The average molecular weight is 486 g/mol. The van der Waals surface area contributed by atoms with E-state index in [0.29, 0.717) is 17.9 Å². The molecule has 1 amide bonds. The van der Waals surface area contributed by atoms with Gasteiger partial charge in [0.1, 0.15) is 18.1 Å². The van der Waals surface area contributed by atoms with Crippen molar-refractivity contribution >= 4 is 45.5 Å². The molecule has 6 heteroatoms. The highest BCUT2D eigenvalue weighted by Gasteiger charge is 2.13. The molecule has 0 saturated carbocycles. The molecule has 1 N–H and O–H groups in total. The van der Waals surface area contributed by atoms with Gasteiger partial charge in [0.25, 0.3) is 5.91 Å². The van der Waals surface area contributed by atoms with Gasteiger partial charge in [-0.2, -0.15) is 5.10 Å². The number of nitrogens with one attached hydrogen (secondary N) is 1. The second-order valence-corrected chi connectivity index (χ2v) is 7.05. The molecule has 142 valence electrons. The highest BCUT2D eigenvalue weighted by atomic mass is 127. The minimum atomic E-state index is -0.334. The van der Waals surface area contributed by atoms with Gasteiger partial charge in [0.2, 0.25) is 0 Å². The molecule has 0 aromatic heterocycles. The summed E-state index contributed by atoms with van der Waals surface area (Å²) in [6.07, 6.45) is 3.28. The number of halogens is 1. The van der Waals surface area contributed by atoms with E-state index in [1.54, 1.807) is 25.5 Å². The highest BCUT2D eigenvalue weighted by molar-refractivity contribution is 14.1. The summed E-state index contributed by atoms with van der Waals surface area (Å²) in [5, 5.41) is 6.03. The molecule has 0 spiro atoms. The largest absolute Gasteiger partial charge is 0.496 e. The van der Waals surface area contributed by atoms with E-state index >= 15 is 0 Å². The third-order valence-electron chi connectivity index (χ3n) is 4.00. The van der Waals surface area contributed by atoms with Gasteiger partial charge < -0.3 is 9.47 Å². The van der Waals surface area contributed by atoms with Crippen LogP contribution in [-0.4, -0.2) is 25.8 Å². The second kappa shape index (κ2) is 9.36. The van der Waals surface area contributed by atoms with E-state index in [1.165, 1.54) is 0 Å². The molecule has 0 aliphatic carbocycles. The number of methoxy groups -OCH3 is 1. The number of ether oxygens (including phenoxy) is 2. The maximum Gasteiger partial charge on any atom is 0.275 e. The van der Waals surface area contributed by atoms with Crippen LogP contribution in [0.25, 0.3) is 10.8 Å². The zero-order valence-electron chi connectivity index (χ0n) is 15.3. The lowest BCUT2D eigenvalue weighted by Crippen LogP contribution is -2.18. The molecule has 28 heavy (non-hydrogen) atoms. The van der Waals surface area contributed by atoms with Gasteiger partial charge in [0.15, 0.2) is 0 Å². The van der Waals surface area contributed by atoms with Crippen LogP contribution in [0.5, 0.6) is 11.5 Å². The summed E-state index contributed by atoms with van der Waals surface area (Å²) < 4.78 is 11.9. The number of amides is 1. The number of nitrogens with zero attached hydrogens (tertiary/aromatic N) is 1. The van der Waals surface area contributed by atoms with Crippen LogP contribution >= 0.6 is 22.6 Å². The number of hydrogen-bond acceptors (Lipinski definition) is 4. The van der Waals surface area contributed by atoms with Crippen molar-refractivity contribution in [2.24, 2.45) is 5.10 Å². The maximum absolute atomic E-state index is 12.6. The van der Waals surface area contributed by atoms with Gasteiger partial charge in [-0.15, -0.1) is 0 Å². The molecule has 0 unspecified atom stereocenters. The van der Waals surface area contributed by atoms with Crippen LogP contribution in [0.1, 0.15) is 15.9 Å². The zero-order valence-corrected chi connectivity index (χ0v) is 17.5. The van der Waals surface area contributed by atoms with Crippen LogP contribution in [0, 0.1) is 3.57 Å². The first-order valence-corrected chi connectivity index (χ1v) is 9.63. The summed E-state index contributed by atoms with van der Waals surface area (Å²) in [5.41, 5.74) is 3.84. The average Bonchev–Trinajstić information content (AvgIpc) is 2.72. The number of benzene rings is 3. The quantitative estimate of drug-likeness (QED) is 0.226. The topological polar surface area (TPSA) is 59.9 Å². The van der Waals surface area contributed by atoms with Crippen molar-refractivity contribution in [2.45, 2.75) is 0 Å². The van der Waals surface area contributed by atoms with Gasteiger partial charge >= 0.3 is 0 Å². The molecule has 0 saturated heterocycles. The van der Waals surface area contributed by atoms with Crippen molar-refractivity contribution in [3.05, 3.63) is 81.9 Å². The molecule has 0 fully saturated rings. The summed E-state index contributed by atoms with van der Waals surface area (Å²) >= 11 is 2.19. The molecule has 0 atom stereocenters. The molecule has 5 nitrogen and oxygen atoms in total. The van der Waals surface area contributed by atoms with Crippen molar-refractivity contribution in [1.82, 2.24) is 5.43 Å². The summed E-state index contributed by atoms with van der Waals surface area (Å²) in [4.78, 5) is 12.6. The lowest BCUT2D eigenvalue weighted by atomic mass is 10.1. The molecule has 3 rings (SSSR count). The Labute approximate surface area is 177 Å². The lowest BCUT2D eigenvalue weighted by Gasteiger charge is -2.09. The Bertz CT molecular complexity index is 1050. The van der Waals surface area contributed by atoms with Crippen LogP contribution < -0.4 is 14.9 Å². The Morgan fingerprint density at radius 3 is 2.57 bits per heavy atom. The zero-order chi connectivity index (χ0) is 19.9. The highest BCUT2D eigenvalue weighted by Crippen LogP contribution is 2.26. The van der Waals surface area contributed by atoms with E-state index in [2.05, 4.69) is 39.7 Å². The Morgan fingerprint density at radius 2 is 1.89 bits per heavy atom. The number of fused-ring (bicyclic) bond motifs is 1. The first kappa shape index (κ1) is 19.9. The van der Waals surface area contributed by atoms with E-state index in [9.17, 15) is 4.79 Å². The third kappa shape index (κ3) is 4.69. The van der Waals surface area contributed by atoms with Gasteiger partial charge in [-0.1, -0.05) is 36.9 Å². The van der Waals surface area contributed by atoms with Crippen molar-refractivity contribution in [3.8, 4) is 11.5 Å². The van der Waals surface area contributed by atoms with E-state index < -0.39 is 0 Å². The van der Waals surface area contributed by atoms with E-state index in [4.69, 9.17) is 9.47 Å². The first-order chi connectivity index (χ1) is 13.6. The SMILES string of the molecule is C=CCOc1ccc(/C=N\NC(=O)c2cc3ccccc3cc2OC)cc1I. The molecule has 0 aliphatic rings. The molecular formula is C22H19IN2O3. The standard InChI is InChI=1S/C22H19IN2O3/c1-3-10-28-20-9-8-15(11-19(20)23)14-24-25-22(26)18-12-16-6-4-5-7-17(16)13-21(18)27-2/h3-9,11-14H,1,10H2,2H3,(H,25,26)/b24-14-. The molecule has 0 aliphatic heterocycles. The Morgan fingerprint density at radius 1 is 1.14 bits per heavy atom. The molecule has 0 bridgehead atoms. The van der Waals surface area contributed by atoms with Crippen molar-refractivity contribution in [1.29, 1.82) is 0 Å². The van der Waals surface area contributed by atoms with Crippen LogP contribution in [-0.2, 0) is 0 Å². The van der Waals surface area contributed by atoms with Gasteiger partial charge in [0, 0.05) is 0 Å². The molecular weight excluding hydrogens is 467 g/mol. The molecule has 0 radical (unpaired) electrons. The van der Waals surface area contributed by atoms with Crippen LogP contribution in [0.2, 0.25) is 0 Å². The predicted molar refractivity (Wildman–Crippen MR) is 120 cm³/mol. The van der Waals surface area contributed by atoms with Gasteiger partial charge in [-0.3, -0.25) is 4.79 Å². The summed E-state index contributed by atoms with van der Waals surface area (Å²) in [5.74, 6) is 0.951. The first-order valence-electron chi connectivity index (χ1n) is 8.56. The molecule has 3 aromatic carbocycles. The fourth-order valence-electron chi connectivity index (χ4n) is 2.65. The van der Waals surface area contributed by atoms with Crippen molar-refractivity contribution in [2.75, 3.05) is 13.7 Å². The Kier molecular flexibility index (Phi) is 6.65. The number of hydrogen-bond donors (Lipinski definition) is 1. The van der Waals surface area contributed by atoms with Crippen molar-refractivity contribution in [3.63, 3.8) is 0 Å². The minimum absolute atomic E-state index is 0.334. The normalized spacial score (nSPS) is 10.8. The fraction of sp³-hybridized carbons (Fsp3) is 0.0909. The molecule has 3 aromatic rings. The number of rotatable bonds is 7. The fourth-order valence-corrected chi connectivity index (χ4v) is 3.35. The monoisotopic (exact) mass is 486 g/mol. The van der Waals surface area contributed by atoms with Crippen LogP contribution in [0.3, 0.4) is 0 Å². The number of hydrazone groups is 1. The maximum atomic E-state index is 12.6. The summed E-state index contributed by atoms with van der Waals surface area (Å²) in [6, 6.07) is 17.1. The predicted octanol–water partition coefficient (Wildman–Crippen LogP) is 4.78. The molecule has 0 heterocycles. The smallest absolute Gasteiger partial charge is 0.275 e. The summed E-state index contributed by atoms with van der Waals surface area (Å²) in [6.45, 7) is 4.09. The van der Waals surface area contributed by atoms with Crippen LogP contribution in [0.15, 0.2) is 72.4 Å². The lowest BCUT2D eigenvalue weighted by molar-refractivity contribution is 0.0952. The van der Waals surface area contributed by atoms with Gasteiger partial charge in [-0.25, -0.2) is 5.43 Å². The minimum Gasteiger partial charge on any atom is -0.496 e. The van der Waals surface area contributed by atoms with E-state index in [0.717, 1.165) is 25.7 Å². The van der Waals surface area contributed by atoms with Gasteiger partial charge in [-0.05, 0) is 69.3 Å². The number of carbonyl (C=O) groups excluding carboxylic acids is 1.